The van der Waals surface area contributed by atoms with E-state index in [0.29, 0.717) is 18.0 Å². The molecule has 0 aromatic carbocycles. The number of hydrogen-bond donors (Lipinski definition) is 1. The highest BCUT2D eigenvalue weighted by atomic mass is 16.5. The number of anilines is 1. The van der Waals surface area contributed by atoms with Crippen LogP contribution in [0.1, 0.15) is 30.1 Å². The number of nitrogens with zero attached hydrogens (tertiary/aromatic N) is 2. The number of rotatable bonds is 3. The van der Waals surface area contributed by atoms with Gasteiger partial charge in [0, 0.05) is 25.3 Å². The first kappa shape index (κ1) is 12.8. The molecule has 2 rings (SSSR count). The van der Waals surface area contributed by atoms with Gasteiger partial charge in [0.25, 0.3) is 0 Å². The van der Waals surface area contributed by atoms with Gasteiger partial charge in [-0.2, -0.15) is 0 Å². The summed E-state index contributed by atoms with van der Waals surface area (Å²) in [6, 6.07) is 3.77. The van der Waals surface area contributed by atoms with Gasteiger partial charge in [0.15, 0.2) is 0 Å². The summed E-state index contributed by atoms with van der Waals surface area (Å²) >= 11 is 0. The van der Waals surface area contributed by atoms with Gasteiger partial charge in [0.05, 0.1) is 6.61 Å². The van der Waals surface area contributed by atoms with E-state index < -0.39 is 0 Å². The summed E-state index contributed by atoms with van der Waals surface area (Å²) < 4.78 is 5.05. The Morgan fingerprint density at radius 2 is 2.28 bits per heavy atom. The van der Waals surface area contributed by atoms with Crippen LogP contribution in [0, 0.1) is 0 Å². The van der Waals surface area contributed by atoms with E-state index in [4.69, 9.17) is 10.5 Å². The van der Waals surface area contributed by atoms with Crippen LogP contribution in [0.4, 0.5) is 5.82 Å². The molecular formula is C13H19N3O2. The van der Waals surface area contributed by atoms with Crippen molar-refractivity contribution in [3.63, 3.8) is 0 Å². The van der Waals surface area contributed by atoms with E-state index in [-0.39, 0.29) is 12.0 Å². The summed E-state index contributed by atoms with van der Waals surface area (Å²) in [4.78, 5) is 18.3. The van der Waals surface area contributed by atoms with E-state index in [2.05, 4.69) is 9.88 Å². The van der Waals surface area contributed by atoms with Crippen LogP contribution in [0.2, 0.25) is 0 Å². The SMILES string of the molecule is CCOC(=O)c1cccnc1N1CCC(N)CC1. The van der Waals surface area contributed by atoms with Crippen LogP contribution < -0.4 is 10.6 Å². The maximum Gasteiger partial charge on any atom is 0.341 e. The molecule has 1 aromatic rings. The molecule has 1 fully saturated rings. The number of piperidine rings is 1. The van der Waals surface area contributed by atoms with Gasteiger partial charge in [-0.1, -0.05) is 0 Å². The van der Waals surface area contributed by atoms with Gasteiger partial charge in [-0.25, -0.2) is 9.78 Å². The first-order chi connectivity index (χ1) is 8.72. The number of aromatic nitrogens is 1. The lowest BCUT2D eigenvalue weighted by Gasteiger charge is -2.31. The summed E-state index contributed by atoms with van der Waals surface area (Å²) in [5.74, 6) is 0.401. The lowest BCUT2D eigenvalue weighted by Crippen LogP contribution is -2.40. The highest BCUT2D eigenvalue weighted by Crippen LogP contribution is 2.21. The second-order valence-corrected chi connectivity index (χ2v) is 4.42. The maximum atomic E-state index is 11.9. The average Bonchev–Trinajstić information content (AvgIpc) is 2.40. The minimum absolute atomic E-state index is 0.260. The highest BCUT2D eigenvalue weighted by molar-refractivity contribution is 5.94. The molecule has 2 heterocycles. The number of carbonyl (C=O) groups is 1. The Morgan fingerprint density at radius 1 is 1.56 bits per heavy atom. The van der Waals surface area contributed by atoms with Crippen molar-refractivity contribution in [2.45, 2.75) is 25.8 Å². The maximum absolute atomic E-state index is 11.9. The number of ether oxygens (including phenoxy) is 1. The minimum Gasteiger partial charge on any atom is -0.462 e. The second-order valence-electron chi connectivity index (χ2n) is 4.42. The van der Waals surface area contributed by atoms with Gasteiger partial charge in [-0.3, -0.25) is 0 Å². The quantitative estimate of drug-likeness (QED) is 0.815. The van der Waals surface area contributed by atoms with Crippen LogP contribution in [-0.2, 0) is 4.74 Å². The van der Waals surface area contributed by atoms with Crippen LogP contribution in [0.15, 0.2) is 18.3 Å². The smallest absolute Gasteiger partial charge is 0.341 e. The fraction of sp³-hybridized carbons (Fsp3) is 0.538. The molecule has 0 spiro atoms. The summed E-state index contributed by atoms with van der Waals surface area (Å²) in [5.41, 5.74) is 6.42. The van der Waals surface area contributed by atoms with Crippen LogP contribution >= 0.6 is 0 Å². The predicted octanol–water partition coefficient (Wildman–Crippen LogP) is 1.19. The van der Waals surface area contributed by atoms with E-state index in [0.717, 1.165) is 25.9 Å². The first-order valence-electron chi connectivity index (χ1n) is 6.35. The van der Waals surface area contributed by atoms with Crippen molar-refractivity contribution in [1.82, 2.24) is 4.98 Å². The number of hydrogen-bond acceptors (Lipinski definition) is 5. The molecule has 5 heteroatoms. The molecule has 0 saturated carbocycles. The molecule has 1 saturated heterocycles. The third kappa shape index (κ3) is 2.79. The Morgan fingerprint density at radius 3 is 2.94 bits per heavy atom. The summed E-state index contributed by atoms with van der Waals surface area (Å²) in [6.45, 7) is 3.85. The Balaban J connectivity index is 2.19. The Hall–Kier alpha value is -1.62. The molecule has 1 aliphatic rings. The van der Waals surface area contributed by atoms with Crippen molar-refractivity contribution < 1.29 is 9.53 Å². The normalized spacial score (nSPS) is 16.7. The molecule has 0 aliphatic carbocycles. The number of esters is 1. The van der Waals surface area contributed by atoms with E-state index in [1.807, 2.05) is 0 Å². The van der Waals surface area contributed by atoms with E-state index in [9.17, 15) is 4.79 Å². The average molecular weight is 249 g/mol. The third-order valence-corrected chi connectivity index (χ3v) is 3.12. The minimum atomic E-state index is -0.310. The molecule has 5 nitrogen and oxygen atoms in total. The fourth-order valence-electron chi connectivity index (χ4n) is 2.13. The van der Waals surface area contributed by atoms with Gasteiger partial charge in [-0.05, 0) is 31.9 Å². The molecule has 1 aromatic heterocycles. The number of carbonyl (C=O) groups excluding carboxylic acids is 1. The number of pyridine rings is 1. The lowest BCUT2D eigenvalue weighted by atomic mass is 10.1. The number of nitrogens with two attached hydrogens (primary N) is 1. The molecule has 0 bridgehead atoms. The predicted molar refractivity (Wildman–Crippen MR) is 69.6 cm³/mol. The largest absolute Gasteiger partial charge is 0.462 e. The van der Waals surface area contributed by atoms with E-state index >= 15 is 0 Å². The van der Waals surface area contributed by atoms with E-state index in [1.165, 1.54) is 0 Å². The molecule has 1 aliphatic heterocycles. The third-order valence-electron chi connectivity index (χ3n) is 3.12. The zero-order valence-corrected chi connectivity index (χ0v) is 10.6. The van der Waals surface area contributed by atoms with Crippen LogP contribution in [-0.4, -0.2) is 36.7 Å². The summed E-state index contributed by atoms with van der Waals surface area (Å²) in [7, 11) is 0. The van der Waals surface area contributed by atoms with Crippen LogP contribution in [0.3, 0.4) is 0 Å². The van der Waals surface area contributed by atoms with Crippen molar-refractivity contribution in [2.24, 2.45) is 5.73 Å². The second kappa shape index (κ2) is 5.82. The standard InChI is InChI=1S/C13H19N3O2/c1-2-18-13(17)11-4-3-7-15-12(11)16-8-5-10(14)6-9-16/h3-4,7,10H,2,5-6,8-9,14H2,1H3. The van der Waals surface area contributed by atoms with Gasteiger partial charge in [-0.15, -0.1) is 0 Å². The van der Waals surface area contributed by atoms with Crippen molar-refractivity contribution >= 4 is 11.8 Å². The van der Waals surface area contributed by atoms with Crippen molar-refractivity contribution in [1.29, 1.82) is 0 Å². The molecule has 2 N–H and O–H groups in total. The van der Waals surface area contributed by atoms with Crippen LogP contribution in [0.25, 0.3) is 0 Å². The molecule has 0 unspecified atom stereocenters. The lowest BCUT2D eigenvalue weighted by molar-refractivity contribution is 0.0526. The van der Waals surface area contributed by atoms with Gasteiger partial charge in [0.2, 0.25) is 0 Å². The molecular weight excluding hydrogens is 230 g/mol. The monoisotopic (exact) mass is 249 g/mol. The Bertz CT molecular complexity index is 414. The molecule has 18 heavy (non-hydrogen) atoms. The summed E-state index contributed by atoms with van der Waals surface area (Å²) in [5, 5.41) is 0. The zero-order chi connectivity index (χ0) is 13.0. The van der Waals surface area contributed by atoms with Gasteiger partial charge >= 0.3 is 5.97 Å². The highest BCUT2D eigenvalue weighted by Gasteiger charge is 2.22. The Labute approximate surface area is 107 Å². The zero-order valence-electron chi connectivity index (χ0n) is 10.6. The Kier molecular flexibility index (Phi) is 4.15. The fourth-order valence-corrected chi connectivity index (χ4v) is 2.13. The van der Waals surface area contributed by atoms with Crippen molar-refractivity contribution in [2.75, 3.05) is 24.6 Å². The molecule has 0 atom stereocenters. The topological polar surface area (TPSA) is 68.5 Å². The molecule has 98 valence electrons. The summed E-state index contributed by atoms with van der Waals surface area (Å²) in [6.07, 6.45) is 3.56. The molecule has 0 amide bonds. The molecule has 0 radical (unpaired) electrons. The van der Waals surface area contributed by atoms with Crippen molar-refractivity contribution in [3.05, 3.63) is 23.9 Å². The van der Waals surface area contributed by atoms with E-state index in [1.54, 1.807) is 25.3 Å². The van der Waals surface area contributed by atoms with Gasteiger partial charge in [0.1, 0.15) is 11.4 Å². The van der Waals surface area contributed by atoms with Crippen LogP contribution in [0.5, 0.6) is 0 Å². The van der Waals surface area contributed by atoms with Gasteiger partial charge < -0.3 is 15.4 Å². The van der Waals surface area contributed by atoms with Crippen molar-refractivity contribution in [3.8, 4) is 0 Å². The first-order valence-corrected chi connectivity index (χ1v) is 6.35.